The summed E-state index contributed by atoms with van der Waals surface area (Å²) >= 11 is 2.21. The third-order valence-electron chi connectivity index (χ3n) is 0. The summed E-state index contributed by atoms with van der Waals surface area (Å²) in [5.74, 6) is 0. The second-order valence-electron chi connectivity index (χ2n) is 0.577. The van der Waals surface area contributed by atoms with Gasteiger partial charge < -0.3 is 6.42 Å². The normalized spacial score (nSPS) is 4.40. The zero-order valence-corrected chi connectivity index (χ0v) is 5.49. The Morgan fingerprint density at radius 2 is 1.40 bits per heavy atom. The Labute approximate surface area is 45.8 Å². The van der Waals surface area contributed by atoms with Crippen LogP contribution in [0.25, 0.3) is 0 Å². The van der Waals surface area contributed by atoms with E-state index in [1.807, 2.05) is 20.3 Å². The molecule has 0 atom stereocenters. The van der Waals surface area contributed by atoms with Gasteiger partial charge in [-0.05, 0) is 0 Å². The summed E-state index contributed by atoms with van der Waals surface area (Å²) in [5.41, 5.74) is 0. The van der Waals surface area contributed by atoms with E-state index < -0.39 is 0 Å². The van der Waals surface area contributed by atoms with E-state index in [0.717, 1.165) is 0 Å². The molecule has 5 heavy (non-hydrogen) atoms. The molecule has 32 valence electrons. The molecule has 0 saturated carbocycles. The van der Waals surface area contributed by atoms with Crippen molar-refractivity contribution in [2.75, 3.05) is 0 Å². The van der Waals surface area contributed by atoms with Crippen LogP contribution < -0.4 is 0 Å². The monoisotopic (exact) mass is 127 g/mol. The van der Waals surface area contributed by atoms with Gasteiger partial charge in [-0.1, -0.05) is 0 Å². The van der Waals surface area contributed by atoms with E-state index in [4.69, 9.17) is 0 Å². The topological polar surface area (TPSA) is 0 Å². The molecule has 0 spiro atoms. The first-order valence-electron chi connectivity index (χ1n) is 1.32. The van der Waals surface area contributed by atoms with Crippen LogP contribution >= 0.6 is 10.5 Å². The molecule has 0 radical (unpaired) electrons. The molecule has 0 N–H and O–H groups in total. The van der Waals surface area contributed by atoms with Gasteiger partial charge >= 0.3 is 25.1 Å². The van der Waals surface area contributed by atoms with Crippen molar-refractivity contribution in [3.05, 3.63) is 6.42 Å². The molecular weight excluding hydrogens is 120 g/mol. The summed E-state index contributed by atoms with van der Waals surface area (Å²) in [5, 5.41) is 0. The van der Waals surface area contributed by atoms with Gasteiger partial charge in [0.1, 0.15) is 0 Å². The van der Waals surface area contributed by atoms with Crippen molar-refractivity contribution in [1.29, 1.82) is 0 Å². The van der Waals surface area contributed by atoms with Crippen LogP contribution in [-0.2, 0) is 14.6 Å². The van der Waals surface area contributed by atoms with E-state index in [9.17, 15) is 0 Å². The first-order chi connectivity index (χ1) is 2.41. The summed E-state index contributed by atoms with van der Waals surface area (Å²) in [6, 6.07) is 0. The predicted molar refractivity (Wildman–Crippen MR) is 23.2 cm³/mol. The maximum atomic E-state index is 3.96. The van der Waals surface area contributed by atoms with E-state index in [0.29, 0.717) is 0 Å². The molecule has 0 aromatic carbocycles. The van der Waals surface area contributed by atoms with E-state index in [2.05, 4.69) is 25.1 Å². The summed E-state index contributed by atoms with van der Waals surface area (Å²) in [6.07, 6.45) is 2.00. The van der Waals surface area contributed by atoms with E-state index in [1.54, 1.807) is 0 Å². The third-order valence-corrected chi connectivity index (χ3v) is 0. The average Bonchev–Trinajstić information content (AvgIpc) is 1.46. The molecule has 0 aliphatic heterocycles. The molecule has 0 amide bonds. The average molecular weight is 127 g/mol. The Kier molecular flexibility index (Phi) is 40.2. The van der Waals surface area contributed by atoms with Crippen molar-refractivity contribution in [3.63, 3.8) is 0 Å². The number of hydrogen-bond acceptors (Lipinski definition) is 1. The number of rotatable bonds is 0. The summed E-state index contributed by atoms with van der Waals surface area (Å²) in [6.45, 7) is 4.00. The van der Waals surface area contributed by atoms with Gasteiger partial charge in [0, 0.05) is 0 Å². The van der Waals surface area contributed by atoms with Crippen LogP contribution in [-0.4, -0.2) is 0 Å². The number of hydrogen-bond donors (Lipinski definition) is 0. The SMILES string of the molecule is C[CH-]C.[S]=[Cr]. The molecule has 0 saturated heterocycles. The molecule has 0 heterocycles. The van der Waals surface area contributed by atoms with E-state index in [-0.39, 0.29) is 0 Å². The molecule has 0 rings (SSSR count). The molecule has 0 aromatic heterocycles. The van der Waals surface area contributed by atoms with Crippen LogP contribution in [0, 0.1) is 6.42 Å². The van der Waals surface area contributed by atoms with Gasteiger partial charge in [-0.3, -0.25) is 0 Å². The minimum absolute atomic E-state index is 2.00. The predicted octanol–water partition coefficient (Wildman–Crippen LogP) is 1.88. The molecule has 0 aromatic rings. The van der Waals surface area contributed by atoms with Crippen LogP contribution in [0.2, 0.25) is 0 Å². The Morgan fingerprint density at radius 3 is 1.40 bits per heavy atom. The molecule has 0 aliphatic rings. The molecule has 0 aliphatic carbocycles. The van der Waals surface area contributed by atoms with Crippen molar-refractivity contribution >= 4 is 10.5 Å². The first-order valence-corrected chi connectivity index (χ1v) is 3.22. The van der Waals surface area contributed by atoms with Crippen molar-refractivity contribution in [2.45, 2.75) is 13.8 Å². The first kappa shape index (κ1) is 9.23. The minimum atomic E-state index is 2.00. The third kappa shape index (κ3) is 63.6. The molecule has 0 unspecified atom stereocenters. The summed E-state index contributed by atoms with van der Waals surface area (Å²) in [4.78, 5) is 0. The van der Waals surface area contributed by atoms with Crippen LogP contribution in [0.5, 0.6) is 0 Å². The van der Waals surface area contributed by atoms with Crippen LogP contribution in [0.4, 0.5) is 0 Å². The Balaban J connectivity index is 0. The van der Waals surface area contributed by atoms with Crippen molar-refractivity contribution in [3.8, 4) is 0 Å². The van der Waals surface area contributed by atoms with Crippen molar-refractivity contribution in [1.82, 2.24) is 0 Å². The fourth-order valence-corrected chi connectivity index (χ4v) is 0. The van der Waals surface area contributed by atoms with Gasteiger partial charge in [-0.2, -0.15) is 13.8 Å². The second kappa shape index (κ2) is 21.8. The van der Waals surface area contributed by atoms with Gasteiger partial charge in [0.15, 0.2) is 0 Å². The maximum absolute atomic E-state index is 3.96. The summed E-state index contributed by atoms with van der Waals surface area (Å²) in [7, 11) is 3.96. The van der Waals surface area contributed by atoms with Gasteiger partial charge in [0.05, 0.1) is 0 Å². The van der Waals surface area contributed by atoms with Gasteiger partial charge in [0.2, 0.25) is 0 Å². The van der Waals surface area contributed by atoms with Crippen LogP contribution in [0.15, 0.2) is 0 Å². The Bertz CT molecular complexity index is 10.9. The zero-order valence-electron chi connectivity index (χ0n) is 3.39. The molecule has 2 heteroatoms. The fourth-order valence-electron chi connectivity index (χ4n) is 0. The van der Waals surface area contributed by atoms with E-state index in [1.165, 1.54) is 0 Å². The zero-order chi connectivity index (χ0) is 4.71. The van der Waals surface area contributed by atoms with Gasteiger partial charge in [0.25, 0.3) is 0 Å². The molecule has 0 nitrogen and oxygen atoms in total. The van der Waals surface area contributed by atoms with E-state index >= 15 is 0 Å². The molecule has 0 bridgehead atoms. The van der Waals surface area contributed by atoms with Crippen LogP contribution in [0.3, 0.4) is 0 Å². The van der Waals surface area contributed by atoms with Gasteiger partial charge in [-0.25, -0.2) is 0 Å². The quantitative estimate of drug-likeness (QED) is 0.448. The molecule has 0 fully saturated rings. The Hall–Kier alpha value is 0.752. The van der Waals surface area contributed by atoms with Crippen molar-refractivity contribution in [2.24, 2.45) is 0 Å². The van der Waals surface area contributed by atoms with Gasteiger partial charge in [-0.15, -0.1) is 0 Å². The van der Waals surface area contributed by atoms with Crippen LogP contribution in [0.1, 0.15) is 13.8 Å². The molecular formula is C3H7CrS-. The Morgan fingerprint density at radius 1 is 1.40 bits per heavy atom. The van der Waals surface area contributed by atoms with Crippen molar-refractivity contribution < 1.29 is 14.6 Å². The summed E-state index contributed by atoms with van der Waals surface area (Å²) < 4.78 is 0. The second-order valence-corrected chi connectivity index (χ2v) is 0.577. The standard InChI is InChI=1S/C3H7.Cr.S/c1-3-2;;/h3H,1-2H3;;/q-1;;. The fraction of sp³-hybridized carbons (Fsp3) is 0.667.